The Hall–Kier alpha value is -1.81. The smallest absolute Gasteiger partial charge is 0.311 e. The molecule has 0 aliphatic heterocycles. The summed E-state index contributed by atoms with van der Waals surface area (Å²) in [5.41, 5.74) is 2.23. The van der Waals surface area contributed by atoms with Crippen molar-refractivity contribution in [1.29, 1.82) is 0 Å². The second-order valence-corrected chi connectivity index (χ2v) is 5.49. The molecule has 0 unspecified atom stereocenters. The van der Waals surface area contributed by atoms with E-state index in [4.69, 9.17) is 4.74 Å². The molecule has 22 heavy (non-hydrogen) atoms. The number of likely N-dealkylation sites (N-methyl/N-ethyl adjacent to an activating group) is 1. The van der Waals surface area contributed by atoms with Gasteiger partial charge in [-0.1, -0.05) is 26.8 Å². The molecule has 0 aliphatic rings. The SMILES string of the molecule is CCCC(=O)Oc1cccc2[nH]cc(CCN(CC)CC)c12. The largest absolute Gasteiger partial charge is 0.426 e. The van der Waals surface area contributed by atoms with Crippen molar-refractivity contribution in [1.82, 2.24) is 9.88 Å². The minimum Gasteiger partial charge on any atom is -0.426 e. The molecule has 1 aromatic heterocycles. The number of aromatic amines is 1. The molecule has 2 aromatic rings. The normalized spacial score (nSPS) is 11.3. The van der Waals surface area contributed by atoms with Gasteiger partial charge in [-0.2, -0.15) is 0 Å². The van der Waals surface area contributed by atoms with E-state index in [0.717, 1.165) is 43.4 Å². The minimum absolute atomic E-state index is 0.161. The van der Waals surface area contributed by atoms with E-state index in [9.17, 15) is 4.79 Å². The topological polar surface area (TPSA) is 45.3 Å². The summed E-state index contributed by atoms with van der Waals surface area (Å²) >= 11 is 0. The van der Waals surface area contributed by atoms with Gasteiger partial charge in [-0.3, -0.25) is 4.79 Å². The molecule has 2 rings (SSSR count). The molecule has 0 fully saturated rings. The number of fused-ring (bicyclic) bond motifs is 1. The first-order valence-electron chi connectivity index (χ1n) is 8.21. The standard InChI is InChI=1S/C18H26N2O2/c1-4-8-17(21)22-16-10-7-9-15-18(16)14(13-19-15)11-12-20(5-2)6-3/h7,9-10,13,19H,4-6,8,11-12H2,1-3H3. The first-order chi connectivity index (χ1) is 10.7. The second kappa shape index (κ2) is 7.99. The molecule has 0 saturated heterocycles. The average molecular weight is 302 g/mol. The number of H-pyrrole nitrogens is 1. The monoisotopic (exact) mass is 302 g/mol. The van der Waals surface area contributed by atoms with E-state index in [2.05, 4.69) is 23.7 Å². The zero-order valence-corrected chi connectivity index (χ0v) is 13.8. The Labute approximate surface area is 132 Å². The number of hydrogen-bond acceptors (Lipinski definition) is 3. The predicted molar refractivity (Wildman–Crippen MR) is 90.3 cm³/mol. The van der Waals surface area contributed by atoms with Crippen LogP contribution in [0.3, 0.4) is 0 Å². The highest BCUT2D eigenvalue weighted by atomic mass is 16.5. The van der Waals surface area contributed by atoms with Crippen LogP contribution >= 0.6 is 0 Å². The fourth-order valence-electron chi connectivity index (χ4n) is 2.70. The van der Waals surface area contributed by atoms with Gasteiger partial charge in [-0.15, -0.1) is 0 Å². The van der Waals surface area contributed by atoms with Crippen LogP contribution < -0.4 is 4.74 Å². The van der Waals surface area contributed by atoms with Gasteiger partial charge in [0.25, 0.3) is 0 Å². The van der Waals surface area contributed by atoms with Crippen LogP contribution in [0.4, 0.5) is 0 Å². The summed E-state index contributed by atoms with van der Waals surface area (Å²) in [6, 6.07) is 5.82. The maximum absolute atomic E-state index is 11.8. The lowest BCUT2D eigenvalue weighted by molar-refractivity contribution is -0.134. The number of ether oxygens (including phenoxy) is 1. The van der Waals surface area contributed by atoms with Gasteiger partial charge in [-0.25, -0.2) is 0 Å². The molecule has 4 nitrogen and oxygen atoms in total. The van der Waals surface area contributed by atoms with Crippen LogP contribution in [-0.4, -0.2) is 35.5 Å². The Bertz CT molecular complexity index is 615. The molecular formula is C18H26N2O2. The lowest BCUT2D eigenvalue weighted by atomic mass is 10.1. The molecule has 1 N–H and O–H groups in total. The van der Waals surface area contributed by atoms with Crippen molar-refractivity contribution >= 4 is 16.9 Å². The fourth-order valence-corrected chi connectivity index (χ4v) is 2.70. The van der Waals surface area contributed by atoms with Crippen LogP contribution in [0.15, 0.2) is 24.4 Å². The zero-order chi connectivity index (χ0) is 15.9. The number of aromatic nitrogens is 1. The van der Waals surface area contributed by atoms with E-state index < -0.39 is 0 Å². The van der Waals surface area contributed by atoms with E-state index in [1.54, 1.807) is 0 Å². The maximum Gasteiger partial charge on any atom is 0.311 e. The molecule has 0 saturated carbocycles. The van der Waals surface area contributed by atoms with Gasteiger partial charge in [-0.05, 0) is 43.6 Å². The van der Waals surface area contributed by atoms with Gasteiger partial charge in [0.05, 0.1) is 0 Å². The molecule has 1 aromatic carbocycles. The van der Waals surface area contributed by atoms with E-state index >= 15 is 0 Å². The highest BCUT2D eigenvalue weighted by Gasteiger charge is 2.13. The van der Waals surface area contributed by atoms with Crippen LogP contribution in [0.25, 0.3) is 10.9 Å². The van der Waals surface area contributed by atoms with Crippen molar-refractivity contribution in [2.75, 3.05) is 19.6 Å². The third-order valence-corrected chi connectivity index (χ3v) is 4.02. The van der Waals surface area contributed by atoms with Crippen LogP contribution in [-0.2, 0) is 11.2 Å². The first kappa shape index (κ1) is 16.6. The number of nitrogens with zero attached hydrogens (tertiary/aromatic N) is 1. The summed E-state index contributed by atoms with van der Waals surface area (Å²) < 4.78 is 5.55. The molecule has 1 heterocycles. The lowest BCUT2D eigenvalue weighted by Gasteiger charge is -2.17. The molecule has 0 bridgehead atoms. The Morgan fingerprint density at radius 2 is 2.00 bits per heavy atom. The van der Waals surface area contributed by atoms with Crippen molar-refractivity contribution < 1.29 is 9.53 Å². The molecule has 0 aliphatic carbocycles. The lowest BCUT2D eigenvalue weighted by Crippen LogP contribution is -2.25. The van der Waals surface area contributed by atoms with Crippen molar-refractivity contribution in [3.8, 4) is 5.75 Å². The molecular weight excluding hydrogens is 276 g/mol. The summed E-state index contributed by atoms with van der Waals surface area (Å²) in [4.78, 5) is 17.5. The predicted octanol–water partition coefficient (Wildman–Crippen LogP) is 3.76. The van der Waals surface area contributed by atoms with Crippen molar-refractivity contribution in [2.24, 2.45) is 0 Å². The first-order valence-corrected chi connectivity index (χ1v) is 8.21. The number of esters is 1. The summed E-state index contributed by atoms with van der Waals surface area (Å²) in [5, 5.41) is 1.04. The minimum atomic E-state index is -0.161. The van der Waals surface area contributed by atoms with Crippen LogP contribution in [0.2, 0.25) is 0 Å². The Morgan fingerprint density at radius 1 is 1.23 bits per heavy atom. The molecule has 0 spiro atoms. The van der Waals surface area contributed by atoms with E-state index in [-0.39, 0.29) is 5.97 Å². The van der Waals surface area contributed by atoms with Crippen molar-refractivity contribution in [3.05, 3.63) is 30.0 Å². The summed E-state index contributed by atoms with van der Waals surface area (Å²) in [6.45, 7) is 9.45. The molecule has 120 valence electrons. The number of benzene rings is 1. The number of hydrogen-bond donors (Lipinski definition) is 1. The average Bonchev–Trinajstić information content (AvgIpc) is 2.93. The van der Waals surface area contributed by atoms with Gasteiger partial charge in [0.1, 0.15) is 5.75 Å². The van der Waals surface area contributed by atoms with Crippen LogP contribution in [0.5, 0.6) is 5.75 Å². The van der Waals surface area contributed by atoms with Crippen molar-refractivity contribution in [2.45, 2.75) is 40.0 Å². The van der Waals surface area contributed by atoms with Crippen LogP contribution in [0.1, 0.15) is 39.2 Å². The number of rotatable bonds is 8. The summed E-state index contributed by atoms with van der Waals surface area (Å²) in [7, 11) is 0. The summed E-state index contributed by atoms with van der Waals surface area (Å²) in [5.74, 6) is 0.512. The number of carbonyl (C=O) groups is 1. The number of nitrogens with one attached hydrogen (secondary N) is 1. The van der Waals surface area contributed by atoms with Crippen molar-refractivity contribution in [3.63, 3.8) is 0 Å². The van der Waals surface area contributed by atoms with Gasteiger partial charge >= 0.3 is 5.97 Å². The molecule has 0 atom stereocenters. The zero-order valence-electron chi connectivity index (χ0n) is 13.8. The maximum atomic E-state index is 11.8. The van der Waals surface area contributed by atoms with Gasteiger partial charge < -0.3 is 14.6 Å². The second-order valence-electron chi connectivity index (χ2n) is 5.49. The van der Waals surface area contributed by atoms with Gasteiger partial charge in [0.2, 0.25) is 0 Å². The van der Waals surface area contributed by atoms with Gasteiger partial charge in [0, 0.05) is 30.1 Å². The van der Waals surface area contributed by atoms with Crippen LogP contribution in [0, 0.1) is 0 Å². The third-order valence-electron chi connectivity index (χ3n) is 4.02. The van der Waals surface area contributed by atoms with E-state index in [0.29, 0.717) is 12.2 Å². The highest BCUT2D eigenvalue weighted by Crippen LogP contribution is 2.29. The summed E-state index contributed by atoms with van der Waals surface area (Å²) in [6.07, 6.45) is 4.24. The molecule has 0 radical (unpaired) electrons. The van der Waals surface area contributed by atoms with E-state index in [1.807, 2.05) is 31.3 Å². The Kier molecular flexibility index (Phi) is 6.01. The molecule has 0 amide bonds. The van der Waals surface area contributed by atoms with Gasteiger partial charge in [0.15, 0.2) is 0 Å². The quantitative estimate of drug-likeness (QED) is 0.596. The highest BCUT2D eigenvalue weighted by molar-refractivity contribution is 5.91. The fraction of sp³-hybridized carbons (Fsp3) is 0.500. The third kappa shape index (κ3) is 3.89. The number of carbonyl (C=O) groups excluding carboxylic acids is 1. The Balaban J connectivity index is 2.22. The Morgan fingerprint density at radius 3 is 2.68 bits per heavy atom. The van der Waals surface area contributed by atoms with E-state index in [1.165, 1.54) is 5.56 Å². The molecule has 4 heteroatoms.